The summed E-state index contributed by atoms with van der Waals surface area (Å²) in [5, 5.41) is 0.816. The number of carbonyl (C=O) groups excluding carboxylic acids is 2. The molecule has 1 heterocycles. The SMILES string of the molecule is COc1ccc(C(=O)COC(=O)c2cc3cc(C)ccc3nc2C)cc1F. The molecule has 2 aromatic carbocycles. The Hall–Kier alpha value is -3.28. The van der Waals surface area contributed by atoms with Crippen LogP contribution in [0.3, 0.4) is 0 Å². The summed E-state index contributed by atoms with van der Waals surface area (Å²) in [4.78, 5) is 29.0. The summed E-state index contributed by atoms with van der Waals surface area (Å²) in [5.41, 5.74) is 2.73. The Kier molecular flexibility index (Phi) is 5.16. The summed E-state index contributed by atoms with van der Waals surface area (Å²) in [6.45, 7) is 3.16. The van der Waals surface area contributed by atoms with Crippen LogP contribution >= 0.6 is 0 Å². The summed E-state index contributed by atoms with van der Waals surface area (Å²) in [6.07, 6.45) is 0. The number of benzene rings is 2. The third-order valence-electron chi connectivity index (χ3n) is 4.19. The van der Waals surface area contributed by atoms with Crippen molar-refractivity contribution in [1.82, 2.24) is 4.98 Å². The Morgan fingerprint density at radius 1 is 1.07 bits per heavy atom. The van der Waals surface area contributed by atoms with Crippen LogP contribution in [0.15, 0.2) is 42.5 Å². The van der Waals surface area contributed by atoms with Crippen LogP contribution in [0.1, 0.15) is 32.0 Å². The number of hydrogen-bond donors (Lipinski definition) is 0. The highest BCUT2D eigenvalue weighted by Crippen LogP contribution is 2.20. The number of esters is 1. The molecular weight excluding hydrogens is 349 g/mol. The Balaban J connectivity index is 1.75. The summed E-state index contributed by atoms with van der Waals surface area (Å²) < 4.78 is 23.6. The molecule has 0 aliphatic rings. The lowest BCUT2D eigenvalue weighted by atomic mass is 10.1. The third-order valence-corrected chi connectivity index (χ3v) is 4.19. The van der Waals surface area contributed by atoms with E-state index >= 15 is 0 Å². The Bertz CT molecular complexity index is 1050. The molecule has 0 bridgehead atoms. The van der Waals surface area contributed by atoms with E-state index in [4.69, 9.17) is 9.47 Å². The molecule has 0 N–H and O–H groups in total. The summed E-state index contributed by atoms with van der Waals surface area (Å²) in [6, 6.07) is 11.3. The molecule has 0 saturated carbocycles. The molecule has 1 aromatic heterocycles. The molecule has 3 aromatic rings. The van der Waals surface area contributed by atoms with E-state index in [1.54, 1.807) is 13.0 Å². The van der Waals surface area contributed by atoms with Gasteiger partial charge in [0.1, 0.15) is 0 Å². The molecule has 0 saturated heterocycles. The first kappa shape index (κ1) is 18.5. The summed E-state index contributed by atoms with van der Waals surface area (Å²) in [5.74, 6) is -1.77. The number of fused-ring (bicyclic) bond motifs is 1. The third kappa shape index (κ3) is 3.95. The van der Waals surface area contributed by atoms with Gasteiger partial charge < -0.3 is 9.47 Å². The van der Waals surface area contributed by atoms with Crippen molar-refractivity contribution in [2.45, 2.75) is 13.8 Å². The molecule has 0 fully saturated rings. The minimum absolute atomic E-state index is 0.0386. The lowest BCUT2D eigenvalue weighted by Crippen LogP contribution is -2.15. The first-order valence-corrected chi connectivity index (χ1v) is 8.31. The Morgan fingerprint density at radius 2 is 1.85 bits per heavy atom. The Morgan fingerprint density at radius 3 is 2.56 bits per heavy atom. The maximum absolute atomic E-state index is 13.7. The zero-order valence-corrected chi connectivity index (χ0v) is 15.2. The molecule has 0 unspecified atom stereocenters. The van der Waals surface area contributed by atoms with Gasteiger partial charge in [0, 0.05) is 10.9 Å². The van der Waals surface area contributed by atoms with E-state index in [9.17, 15) is 14.0 Å². The Labute approximate surface area is 155 Å². The molecule has 0 atom stereocenters. The number of nitrogens with zero attached hydrogens (tertiary/aromatic N) is 1. The van der Waals surface area contributed by atoms with Crippen LogP contribution in [0.25, 0.3) is 10.9 Å². The van der Waals surface area contributed by atoms with Crippen LogP contribution in [0.5, 0.6) is 5.75 Å². The highest BCUT2D eigenvalue weighted by atomic mass is 19.1. The van der Waals surface area contributed by atoms with Gasteiger partial charge in [-0.05, 0) is 50.2 Å². The van der Waals surface area contributed by atoms with Crippen LogP contribution < -0.4 is 4.74 Å². The number of methoxy groups -OCH3 is 1. The van der Waals surface area contributed by atoms with E-state index in [0.29, 0.717) is 11.3 Å². The number of Topliss-reactive ketones (excluding diaryl/α,β-unsaturated/α-hetero) is 1. The van der Waals surface area contributed by atoms with Gasteiger partial charge in [0.2, 0.25) is 0 Å². The van der Waals surface area contributed by atoms with Crippen molar-refractivity contribution in [3.8, 4) is 5.75 Å². The molecule has 5 nitrogen and oxygen atoms in total. The van der Waals surface area contributed by atoms with Gasteiger partial charge >= 0.3 is 5.97 Å². The highest BCUT2D eigenvalue weighted by Gasteiger charge is 2.17. The fourth-order valence-electron chi connectivity index (χ4n) is 2.73. The van der Waals surface area contributed by atoms with Gasteiger partial charge in [-0.25, -0.2) is 9.18 Å². The monoisotopic (exact) mass is 367 g/mol. The van der Waals surface area contributed by atoms with Crippen molar-refractivity contribution in [1.29, 1.82) is 0 Å². The second-order valence-corrected chi connectivity index (χ2v) is 6.17. The van der Waals surface area contributed by atoms with Gasteiger partial charge in [-0.1, -0.05) is 11.6 Å². The van der Waals surface area contributed by atoms with Gasteiger partial charge in [0.25, 0.3) is 0 Å². The molecule has 0 aliphatic carbocycles. The molecule has 27 heavy (non-hydrogen) atoms. The average Bonchev–Trinajstić information content (AvgIpc) is 2.65. The number of hydrogen-bond acceptors (Lipinski definition) is 5. The number of ketones is 1. The zero-order valence-electron chi connectivity index (χ0n) is 15.2. The van der Waals surface area contributed by atoms with Crippen LogP contribution in [0, 0.1) is 19.7 Å². The van der Waals surface area contributed by atoms with E-state index < -0.39 is 24.2 Å². The smallest absolute Gasteiger partial charge is 0.340 e. The second kappa shape index (κ2) is 7.53. The molecule has 0 spiro atoms. The largest absolute Gasteiger partial charge is 0.494 e. The first-order valence-electron chi connectivity index (χ1n) is 8.31. The lowest BCUT2D eigenvalue weighted by Gasteiger charge is -2.09. The molecule has 3 rings (SSSR count). The number of ether oxygens (including phenoxy) is 2. The van der Waals surface area contributed by atoms with Crippen molar-refractivity contribution in [3.63, 3.8) is 0 Å². The van der Waals surface area contributed by atoms with Crippen molar-refractivity contribution < 1.29 is 23.5 Å². The van der Waals surface area contributed by atoms with Crippen LogP contribution in [0.2, 0.25) is 0 Å². The summed E-state index contributed by atoms with van der Waals surface area (Å²) >= 11 is 0. The van der Waals surface area contributed by atoms with Gasteiger partial charge in [0.15, 0.2) is 24.0 Å². The topological polar surface area (TPSA) is 65.5 Å². The minimum Gasteiger partial charge on any atom is -0.494 e. The van der Waals surface area contributed by atoms with Crippen LogP contribution in [0.4, 0.5) is 4.39 Å². The standard InChI is InChI=1S/C21H18FNO4/c1-12-4-6-18-15(8-12)9-16(13(2)23-18)21(25)27-11-19(24)14-5-7-20(26-3)17(22)10-14/h4-10H,11H2,1-3H3. The number of halogens is 1. The number of rotatable bonds is 5. The van der Waals surface area contributed by atoms with Gasteiger partial charge in [-0.15, -0.1) is 0 Å². The average molecular weight is 367 g/mol. The van der Waals surface area contributed by atoms with Gasteiger partial charge in [0.05, 0.1) is 23.9 Å². The van der Waals surface area contributed by atoms with E-state index in [1.165, 1.54) is 19.2 Å². The highest BCUT2D eigenvalue weighted by molar-refractivity contribution is 6.00. The van der Waals surface area contributed by atoms with Crippen molar-refractivity contribution in [3.05, 3.63) is 70.7 Å². The fourth-order valence-corrected chi connectivity index (χ4v) is 2.73. The van der Waals surface area contributed by atoms with Gasteiger partial charge in [-0.3, -0.25) is 9.78 Å². The minimum atomic E-state index is -0.653. The molecule has 6 heteroatoms. The normalized spacial score (nSPS) is 10.7. The van der Waals surface area contributed by atoms with Crippen molar-refractivity contribution in [2.75, 3.05) is 13.7 Å². The lowest BCUT2D eigenvalue weighted by molar-refractivity contribution is 0.0473. The maximum Gasteiger partial charge on any atom is 0.340 e. The maximum atomic E-state index is 13.7. The van der Waals surface area contributed by atoms with Crippen LogP contribution in [-0.2, 0) is 4.74 Å². The van der Waals surface area contributed by atoms with E-state index in [0.717, 1.165) is 22.5 Å². The number of pyridine rings is 1. The van der Waals surface area contributed by atoms with E-state index in [1.807, 2.05) is 25.1 Å². The predicted molar refractivity (Wildman–Crippen MR) is 98.8 cm³/mol. The molecule has 0 aliphatic heterocycles. The predicted octanol–water partition coefficient (Wildman–Crippen LogP) is 4.04. The zero-order chi connectivity index (χ0) is 19.6. The number of aromatic nitrogens is 1. The summed E-state index contributed by atoms with van der Waals surface area (Å²) in [7, 11) is 1.34. The molecular formula is C21H18FNO4. The molecule has 138 valence electrons. The molecule has 0 amide bonds. The van der Waals surface area contributed by atoms with Gasteiger partial charge in [-0.2, -0.15) is 0 Å². The number of aryl methyl sites for hydroxylation is 2. The molecule has 0 radical (unpaired) electrons. The second-order valence-electron chi connectivity index (χ2n) is 6.17. The van der Waals surface area contributed by atoms with E-state index in [-0.39, 0.29) is 11.3 Å². The quantitative estimate of drug-likeness (QED) is 0.503. The van der Waals surface area contributed by atoms with Crippen molar-refractivity contribution in [2.24, 2.45) is 0 Å². The van der Waals surface area contributed by atoms with E-state index in [2.05, 4.69) is 4.98 Å². The first-order chi connectivity index (χ1) is 12.9. The van der Waals surface area contributed by atoms with Crippen LogP contribution in [-0.4, -0.2) is 30.5 Å². The number of carbonyl (C=O) groups is 2. The fraction of sp³-hybridized carbons (Fsp3) is 0.190. The van der Waals surface area contributed by atoms with Crippen molar-refractivity contribution >= 4 is 22.7 Å².